The second-order valence-corrected chi connectivity index (χ2v) is 0. The zero-order chi connectivity index (χ0) is 0. The van der Waals surface area contributed by atoms with Crippen LogP contribution in [0.15, 0.2) is 0 Å². The maximum atomic E-state index is 0. The largest absolute Gasteiger partial charge is 1.00 e. The van der Waals surface area contributed by atoms with Gasteiger partial charge in [-0.2, -0.15) is 0 Å². The van der Waals surface area contributed by atoms with Crippen molar-refractivity contribution in [2.75, 3.05) is 0 Å². The molecule has 0 spiro atoms. The van der Waals surface area contributed by atoms with Gasteiger partial charge in [0, 0.05) is 27.7 Å². The van der Waals surface area contributed by atoms with Crippen LogP contribution in [-0.4, -0.2) is 0 Å². The summed E-state index contributed by atoms with van der Waals surface area (Å²) in [6.07, 6.45) is 0. The Morgan fingerprint density at radius 1 is 0.667 bits per heavy atom. The predicted molar refractivity (Wildman–Crippen MR) is 62.8 cm³/mol. The Balaban J connectivity index is 0. The van der Waals surface area contributed by atoms with Crippen LogP contribution in [0.5, 0.6) is 0 Å². The second kappa shape index (κ2) is 30.7. The van der Waals surface area contributed by atoms with Gasteiger partial charge in [0.05, 0.1) is 0 Å². The van der Waals surface area contributed by atoms with Gasteiger partial charge >= 0.3 is 68.9 Å². The summed E-state index contributed by atoms with van der Waals surface area (Å²) >= 11 is 0. The molecule has 0 atom stereocenters. The van der Waals surface area contributed by atoms with Crippen molar-refractivity contribution >= 4 is 95.9 Å². The third-order valence-electron chi connectivity index (χ3n) is 0. The van der Waals surface area contributed by atoms with Crippen LogP contribution in [0.3, 0.4) is 0 Å². The molecule has 0 aliphatic rings. The summed E-state index contributed by atoms with van der Waals surface area (Å²) in [5.74, 6) is 0. The minimum Gasteiger partial charge on any atom is -1.00 e. The fourth-order valence-electron chi connectivity index (χ4n) is 0. The first-order chi connectivity index (χ1) is 0. The van der Waals surface area contributed by atoms with E-state index in [1.54, 1.807) is 0 Å². The molecule has 0 aromatic carbocycles. The minimum absolute atomic E-state index is 0. The summed E-state index contributed by atoms with van der Waals surface area (Å²) in [5.41, 5.74) is 0. The molecule has 0 heterocycles. The van der Waals surface area contributed by atoms with Gasteiger partial charge in [0.2, 0.25) is 0 Å². The molecule has 0 aromatic heterocycles. The second-order valence-electron chi connectivity index (χ2n) is 0. The van der Waals surface area contributed by atoms with E-state index >= 15 is 0 Å². The van der Waals surface area contributed by atoms with Crippen LogP contribution in [0.1, 0.15) is 1.43 Å². The molecular formula is H5CsHgI4. The SMILES string of the molecule is I.I.I.I.[Cs+].[H-].[Hg]. The average Bonchev–Trinajstić information content (AvgIpc) is 0. The monoisotopic (exact) mass is 848 g/mol. The van der Waals surface area contributed by atoms with Gasteiger partial charge in [-0.25, -0.2) is 0 Å². The van der Waals surface area contributed by atoms with Gasteiger partial charge < -0.3 is 1.43 Å². The average molecular weight is 846 g/mol. The van der Waals surface area contributed by atoms with Crippen molar-refractivity contribution in [3.05, 3.63) is 0 Å². The predicted octanol–water partition coefficient (Wildman–Crippen LogP) is -0.414. The summed E-state index contributed by atoms with van der Waals surface area (Å²) in [5, 5.41) is 0. The summed E-state index contributed by atoms with van der Waals surface area (Å²) < 4.78 is 0. The van der Waals surface area contributed by atoms with Crippen molar-refractivity contribution < 1.29 is 98.0 Å². The van der Waals surface area contributed by atoms with Gasteiger partial charge in [0.25, 0.3) is 0 Å². The fraction of sp³-hybridized carbons (Fsp3) is 0. The molecule has 0 aromatic rings. The van der Waals surface area contributed by atoms with Gasteiger partial charge in [-0.05, 0) is 0 Å². The molecule has 6 heavy (non-hydrogen) atoms. The van der Waals surface area contributed by atoms with Crippen LogP contribution in [0.25, 0.3) is 0 Å². The Morgan fingerprint density at radius 3 is 0.667 bits per heavy atom. The zero-order valence-corrected chi connectivity index (χ0v) is 24.4. The van der Waals surface area contributed by atoms with Crippen molar-refractivity contribution in [3.8, 4) is 0 Å². The minimum atomic E-state index is 0. The molecule has 0 fully saturated rings. The third kappa shape index (κ3) is 22.5. The Labute approximate surface area is 187 Å². The zero-order valence-electron chi connectivity index (χ0n) is 4.34. The smallest absolute Gasteiger partial charge is 1.00 e. The molecule has 0 N–H and O–H groups in total. The molecule has 0 rings (SSSR count). The van der Waals surface area contributed by atoms with Crippen LogP contribution in [-0.2, 0) is 27.7 Å². The number of hydrogen-bond acceptors (Lipinski definition) is 0. The van der Waals surface area contributed by atoms with Crippen molar-refractivity contribution in [1.82, 2.24) is 0 Å². The molecule has 0 radical (unpaired) electrons. The van der Waals surface area contributed by atoms with E-state index in [0.29, 0.717) is 0 Å². The summed E-state index contributed by atoms with van der Waals surface area (Å²) in [6.45, 7) is 0. The fourth-order valence-corrected chi connectivity index (χ4v) is 0. The first-order valence-electron chi connectivity index (χ1n) is 0. The normalized spacial score (nSPS) is 0. The first kappa shape index (κ1) is 40.6. The van der Waals surface area contributed by atoms with Gasteiger partial charge in [-0.1, -0.05) is 0 Å². The quantitative estimate of drug-likeness (QED) is 0.230. The van der Waals surface area contributed by atoms with Crippen LogP contribution in [0.4, 0.5) is 0 Å². The molecule has 0 aliphatic carbocycles. The van der Waals surface area contributed by atoms with Crippen molar-refractivity contribution in [2.45, 2.75) is 0 Å². The van der Waals surface area contributed by atoms with Gasteiger partial charge in [0.15, 0.2) is 0 Å². The van der Waals surface area contributed by atoms with Crippen LogP contribution in [0.2, 0.25) is 0 Å². The molecule has 6 heteroatoms. The van der Waals surface area contributed by atoms with Gasteiger partial charge in [-0.15, -0.1) is 95.9 Å². The van der Waals surface area contributed by atoms with Gasteiger partial charge in [-0.3, -0.25) is 0 Å². The molecule has 0 saturated carbocycles. The first-order valence-corrected chi connectivity index (χ1v) is 0. The van der Waals surface area contributed by atoms with Gasteiger partial charge in [0.1, 0.15) is 0 Å². The Kier molecular flexibility index (Phi) is 208. The summed E-state index contributed by atoms with van der Waals surface area (Å²) in [6, 6.07) is 0. The van der Waals surface area contributed by atoms with E-state index in [1.165, 1.54) is 0 Å². The Morgan fingerprint density at radius 2 is 0.667 bits per heavy atom. The van der Waals surface area contributed by atoms with Crippen LogP contribution in [0, 0.1) is 0 Å². The number of halogens is 4. The number of rotatable bonds is 0. The summed E-state index contributed by atoms with van der Waals surface area (Å²) in [4.78, 5) is 0. The maximum Gasteiger partial charge on any atom is 1.00 e. The van der Waals surface area contributed by atoms with Crippen LogP contribution >= 0.6 is 95.9 Å². The van der Waals surface area contributed by atoms with Crippen molar-refractivity contribution in [3.63, 3.8) is 0 Å². The van der Waals surface area contributed by atoms with E-state index in [4.69, 9.17) is 0 Å². The Bertz CT molecular complexity index is 11.7. The molecule has 0 amide bonds. The summed E-state index contributed by atoms with van der Waals surface area (Å²) in [7, 11) is 0. The van der Waals surface area contributed by atoms with E-state index in [1.807, 2.05) is 0 Å². The molecule has 0 nitrogen and oxygen atoms in total. The molecule has 0 aliphatic heterocycles. The van der Waals surface area contributed by atoms with E-state index in [9.17, 15) is 0 Å². The molecular weight excluding hydrogens is 841 g/mol. The van der Waals surface area contributed by atoms with Crippen molar-refractivity contribution in [2.24, 2.45) is 0 Å². The third-order valence-corrected chi connectivity index (χ3v) is 0. The maximum absolute atomic E-state index is 0. The molecule has 36 valence electrons. The van der Waals surface area contributed by atoms with E-state index in [-0.39, 0.29) is 194 Å². The van der Waals surface area contributed by atoms with E-state index in [0.717, 1.165) is 0 Å². The number of hydrogen-bond donors (Lipinski definition) is 0. The Hall–Kier alpha value is 5.91. The van der Waals surface area contributed by atoms with E-state index < -0.39 is 0 Å². The molecule has 0 saturated heterocycles. The molecule has 0 unspecified atom stereocenters. The topological polar surface area (TPSA) is 0 Å². The molecule has 0 bridgehead atoms. The van der Waals surface area contributed by atoms with Crippen LogP contribution < -0.4 is 68.9 Å². The standard InChI is InChI=1S/Cs.Hg.4HI.H/h;;4*1H;/q+1;;;;;;-1. The van der Waals surface area contributed by atoms with E-state index in [2.05, 4.69) is 0 Å². The van der Waals surface area contributed by atoms with Crippen molar-refractivity contribution in [1.29, 1.82) is 0 Å².